The van der Waals surface area contributed by atoms with Crippen molar-refractivity contribution in [2.45, 2.75) is 43.9 Å². The normalized spacial score (nSPS) is 18.5. The lowest BCUT2D eigenvalue weighted by Gasteiger charge is -2.31. The van der Waals surface area contributed by atoms with Crippen LogP contribution in [0.5, 0.6) is 0 Å². The summed E-state index contributed by atoms with van der Waals surface area (Å²) in [4.78, 5) is 42.9. The van der Waals surface area contributed by atoms with Gasteiger partial charge in [0.1, 0.15) is 6.61 Å². The molecule has 0 saturated heterocycles. The number of benzene rings is 1. The third-order valence-electron chi connectivity index (χ3n) is 6.14. The number of esters is 2. The molecule has 4 heterocycles. The van der Waals surface area contributed by atoms with E-state index in [1.165, 1.54) is 11.8 Å². The number of hydrogen-bond acceptors (Lipinski definition) is 8. The molecule has 3 aromatic rings. The van der Waals surface area contributed by atoms with Gasteiger partial charge < -0.3 is 19.1 Å². The van der Waals surface area contributed by atoms with E-state index in [9.17, 15) is 19.5 Å². The van der Waals surface area contributed by atoms with Crippen LogP contribution >= 0.6 is 11.8 Å². The molecule has 2 aliphatic heterocycles. The molecule has 0 spiro atoms. The Morgan fingerprint density at radius 1 is 1.27 bits per heavy atom. The summed E-state index contributed by atoms with van der Waals surface area (Å²) >= 11 is 1.39. The van der Waals surface area contributed by atoms with Gasteiger partial charge in [-0.15, -0.1) is 11.8 Å². The first kappa shape index (κ1) is 21.7. The molecule has 33 heavy (non-hydrogen) atoms. The van der Waals surface area contributed by atoms with Crippen LogP contribution in [0.15, 0.2) is 40.0 Å². The van der Waals surface area contributed by atoms with E-state index in [2.05, 4.69) is 0 Å². The maximum absolute atomic E-state index is 13.2. The van der Waals surface area contributed by atoms with Crippen molar-refractivity contribution in [3.05, 3.63) is 57.4 Å². The fraction of sp³-hybridized carbons (Fsp3) is 0.333. The van der Waals surface area contributed by atoms with Crippen molar-refractivity contribution in [1.82, 2.24) is 9.55 Å². The molecule has 0 amide bonds. The summed E-state index contributed by atoms with van der Waals surface area (Å²) in [5.74, 6) is -0.770. The highest BCUT2D eigenvalue weighted by Gasteiger charge is 2.45. The molecule has 2 aliphatic rings. The van der Waals surface area contributed by atoms with E-state index in [0.29, 0.717) is 35.7 Å². The molecular formula is C24H22N2O6S. The Bertz CT molecular complexity index is 1380. The zero-order valence-corrected chi connectivity index (χ0v) is 19.0. The zero-order chi connectivity index (χ0) is 23.3. The Morgan fingerprint density at radius 2 is 2.09 bits per heavy atom. The lowest BCUT2D eigenvalue weighted by atomic mass is 9.86. The highest BCUT2D eigenvalue weighted by Crippen LogP contribution is 2.38. The maximum Gasteiger partial charge on any atom is 0.343 e. The Hall–Kier alpha value is -3.17. The van der Waals surface area contributed by atoms with Crippen molar-refractivity contribution in [1.29, 1.82) is 0 Å². The van der Waals surface area contributed by atoms with Crippen molar-refractivity contribution in [2.24, 2.45) is 0 Å². The second-order valence-electron chi connectivity index (χ2n) is 8.05. The van der Waals surface area contributed by atoms with Gasteiger partial charge >= 0.3 is 11.9 Å². The molecule has 0 bridgehead atoms. The number of carbonyl (C=O) groups is 2. The van der Waals surface area contributed by atoms with E-state index in [-0.39, 0.29) is 30.3 Å². The first-order valence-electron chi connectivity index (χ1n) is 10.7. The molecule has 9 heteroatoms. The number of pyridine rings is 2. The molecule has 1 N–H and O–H groups in total. The summed E-state index contributed by atoms with van der Waals surface area (Å²) in [6.07, 6.45) is 0.103. The van der Waals surface area contributed by atoms with Crippen LogP contribution in [0.25, 0.3) is 22.3 Å². The highest BCUT2D eigenvalue weighted by atomic mass is 32.2. The van der Waals surface area contributed by atoms with Crippen molar-refractivity contribution in [2.75, 3.05) is 12.4 Å². The average molecular weight is 467 g/mol. The van der Waals surface area contributed by atoms with Gasteiger partial charge in [0.25, 0.3) is 5.56 Å². The van der Waals surface area contributed by atoms with E-state index in [1.807, 2.05) is 24.3 Å². The van der Waals surface area contributed by atoms with Gasteiger partial charge in [-0.1, -0.05) is 6.92 Å². The highest BCUT2D eigenvalue weighted by molar-refractivity contribution is 8.00. The predicted molar refractivity (Wildman–Crippen MR) is 122 cm³/mol. The number of carbonyl (C=O) groups excluding carboxylic acids is 2. The third-order valence-corrected chi connectivity index (χ3v) is 7.11. The maximum atomic E-state index is 13.2. The zero-order valence-electron chi connectivity index (χ0n) is 18.2. The first-order chi connectivity index (χ1) is 15.9. The summed E-state index contributed by atoms with van der Waals surface area (Å²) in [5.41, 5.74) is 1.35. The van der Waals surface area contributed by atoms with Gasteiger partial charge in [0, 0.05) is 21.4 Å². The van der Waals surface area contributed by atoms with E-state index in [4.69, 9.17) is 14.5 Å². The molecule has 170 valence electrons. The topological polar surface area (TPSA) is 108 Å². The molecule has 0 aliphatic carbocycles. The summed E-state index contributed by atoms with van der Waals surface area (Å²) in [5, 5.41) is 11.9. The van der Waals surface area contributed by atoms with Crippen LogP contribution in [0, 0.1) is 0 Å². The smallest absolute Gasteiger partial charge is 0.343 e. The number of fused-ring (bicyclic) bond motifs is 5. The fourth-order valence-electron chi connectivity index (χ4n) is 4.40. The average Bonchev–Trinajstić information content (AvgIpc) is 3.17. The van der Waals surface area contributed by atoms with Gasteiger partial charge in [-0.25, -0.2) is 9.78 Å². The minimum atomic E-state index is -1.84. The Balaban J connectivity index is 1.56. The molecule has 1 atom stereocenters. The lowest BCUT2D eigenvalue weighted by molar-refractivity contribution is -0.172. The summed E-state index contributed by atoms with van der Waals surface area (Å²) in [6, 6.07) is 9.43. The first-order valence-corrected chi connectivity index (χ1v) is 11.7. The molecule has 0 saturated carbocycles. The standard InChI is InChI=1S/C24H22N2O6S/c1-3-24(30)17-9-19-21-14(10-26(19)22(28)16(17)11-32-23(24)29)7-13-8-15(5-6-18(13)25-21)33-12-20(27)31-4-2/h5-9,30H,3-4,10-12H2,1-2H3/t24-/m0/s1. The van der Waals surface area contributed by atoms with Crippen molar-refractivity contribution in [3.63, 3.8) is 0 Å². The quantitative estimate of drug-likeness (QED) is 0.353. The molecular weight excluding hydrogens is 444 g/mol. The van der Waals surface area contributed by atoms with Crippen molar-refractivity contribution < 1.29 is 24.2 Å². The molecule has 5 rings (SSSR count). The molecule has 1 aromatic carbocycles. The van der Waals surface area contributed by atoms with Crippen molar-refractivity contribution in [3.8, 4) is 11.4 Å². The van der Waals surface area contributed by atoms with Crippen LogP contribution in [0.2, 0.25) is 0 Å². The largest absolute Gasteiger partial charge is 0.465 e. The van der Waals surface area contributed by atoms with E-state index in [0.717, 1.165) is 21.4 Å². The van der Waals surface area contributed by atoms with E-state index >= 15 is 0 Å². The van der Waals surface area contributed by atoms with Crippen LogP contribution in [0.1, 0.15) is 37.0 Å². The number of aliphatic hydroxyl groups is 1. The summed E-state index contributed by atoms with van der Waals surface area (Å²) in [6.45, 7) is 4.00. The summed E-state index contributed by atoms with van der Waals surface area (Å²) < 4.78 is 11.7. The molecule has 8 nitrogen and oxygen atoms in total. The van der Waals surface area contributed by atoms with Crippen LogP contribution in [0.4, 0.5) is 0 Å². The van der Waals surface area contributed by atoms with Crippen molar-refractivity contribution >= 4 is 34.6 Å². The third kappa shape index (κ3) is 3.43. The second kappa shape index (κ2) is 8.00. The number of ether oxygens (including phenoxy) is 2. The molecule has 0 radical (unpaired) electrons. The van der Waals surface area contributed by atoms with Gasteiger partial charge in [-0.2, -0.15) is 0 Å². The monoisotopic (exact) mass is 466 g/mol. The fourth-order valence-corrected chi connectivity index (χ4v) is 5.14. The van der Waals surface area contributed by atoms with Gasteiger partial charge in [-0.05, 0) is 43.7 Å². The second-order valence-corrected chi connectivity index (χ2v) is 9.10. The van der Waals surface area contributed by atoms with Gasteiger partial charge in [0.2, 0.25) is 0 Å². The van der Waals surface area contributed by atoms with Crippen LogP contribution in [0.3, 0.4) is 0 Å². The van der Waals surface area contributed by atoms with Gasteiger partial charge in [-0.3, -0.25) is 9.59 Å². The van der Waals surface area contributed by atoms with Crippen LogP contribution < -0.4 is 5.56 Å². The minimum Gasteiger partial charge on any atom is -0.465 e. The molecule has 2 aromatic heterocycles. The lowest BCUT2D eigenvalue weighted by Crippen LogP contribution is -2.44. The van der Waals surface area contributed by atoms with E-state index < -0.39 is 11.6 Å². The predicted octanol–water partition coefficient (Wildman–Crippen LogP) is 2.73. The summed E-state index contributed by atoms with van der Waals surface area (Å²) in [7, 11) is 0. The molecule has 0 fully saturated rings. The number of rotatable bonds is 5. The number of hydrogen-bond donors (Lipinski definition) is 1. The van der Waals surface area contributed by atoms with Crippen LogP contribution in [-0.2, 0) is 37.8 Å². The minimum absolute atomic E-state index is 0.103. The Morgan fingerprint density at radius 3 is 2.85 bits per heavy atom. The SMILES string of the molecule is CCOC(=O)CSc1ccc2nc3c(cc2c1)Cn1c-3cc2c(c1=O)COC(=O)[C@]2(O)CC. The Kier molecular flexibility index (Phi) is 5.25. The van der Waals surface area contributed by atoms with Crippen LogP contribution in [-0.4, -0.2) is 39.0 Å². The van der Waals surface area contributed by atoms with E-state index in [1.54, 1.807) is 24.5 Å². The number of cyclic esters (lactones) is 1. The number of thioether (sulfide) groups is 1. The number of aromatic nitrogens is 2. The Labute approximate surface area is 193 Å². The van der Waals surface area contributed by atoms with Gasteiger partial charge in [0.15, 0.2) is 5.60 Å². The number of nitrogens with zero attached hydrogens (tertiary/aromatic N) is 2. The molecule has 0 unspecified atom stereocenters. The van der Waals surface area contributed by atoms with Gasteiger partial charge in [0.05, 0.1) is 41.4 Å².